The SMILES string of the molecule is OC(COc1ccc(Oc2ccccc2)cc1)CN1CCN(c2nccs2)CC1. The molecular weight excluding hydrogens is 386 g/mol. The van der Waals surface area contributed by atoms with Crippen LogP contribution in [0.25, 0.3) is 0 Å². The van der Waals surface area contributed by atoms with E-state index in [-0.39, 0.29) is 6.61 Å². The van der Waals surface area contributed by atoms with Gasteiger partial charge in [0.15, 0.2) is 5.13 Å². The highest BCUT2D eigenvalue weighted by atomic mass is 32.1. The van der Waals surface area contributed by atoms with Gasteiger partial charge in [0.05, 0.1) is 0 Å². The van der Waals surface area contributed by atoms with Crippen LogP contribution in [0.5, 0.6) is 17.2 Å². The minimum atomic E-state index is -0.526. The average Bonchev–Trinajstić information content (AvgIpc) is 3.30. The molecular formula is C22H25N3O3S. The first-order valence-corrected chi connectivity index (χ1v) is 10.6. The predicted octanol–water partition coefficient (Wildman–Crippen LogP) is 3.50. The first-order chi connectivity index (χ1) is 14.3. The number of hydrogen-bond donors (Lipinski definition) is 1. The third kappa shape index (κ3) is 5.69. The standard InChI is InChI=1S/C22H25N3O3S/c26-18(16-24-11-13-25(14-12-24)22-23-10-15-29-22)17-27-19-6-8-21(9-7-19)28-20-4-2-1-3-5-20/h1-10,15,18,26H,11-14,16-17H2. The highest BCUT2D eigenvalue weighted by Gasteiger charge is 2.20. The van der Waals surface area contributed by atoms with Crippen molar-refractivity contribution in [3.05, 3.63) is 66.2 Å². The maximum absolute atomic E-state index is 10.3. The number of β-amino-alcohol motifs (C(OH)–C–C–N with tert-alkyl or cyclic N) is 1. The van der Waals surface area contributed by atoms with Gasteiger partial charge in [0.2, 0.25) is 0 Å². The van der Waals surface area contributed by atoms with Crippen LogP contribution >= 0.6 is 11.3 Å². The first kappa shape index (κ1) is 19.7. The Hall–Kier alpha value is -2.61. The lowest BCUT2D eigenvalue weighted by Gasteiger charge is -2.35. The normalized spacial score (nSPS) is 15.8. The first-order valence-electron chi connectivity index (χ1n) is 9.77. The third-order valence-electron chi connectivity index (χ3n) is 4.78. The molecule has 0 amide bonds. The second-order valence-corrected chi connectivity index (χ2v) is 7.83. The molecule has 3 aromatic rings. The summed E-state index contributed by atoms with van der Waals surface area (Å²) in [5.74, 6) is 2.27. The van der Waals surface area contributed by atoms with Gasteiger partial charge in [-0.2, -0.15) is 0 Å². The maximum Gasteiger partial charge on any atom is 0.185 e. The minimum absolute atomic E-state index is 0.269. The number of anilines is 1. The largest absolute Gasteiger partial charge is 0.491 e. The van der Waals surface area contributed by atoms with Crippen LogP contribution in [0.15, 0.2) is 66.2 Å². The summed E-state index contributed by atoms with van der Waals surface area (Å²) in [6, 6.07) is 17.1. The van der Waals surface area contributed by atoms with Gasteiger partial charge in [-0.25, -0.2) is 4.98 Å². The fourth-order valence-electron chi connectivity index (χ4n) is 3.27. The summed E-state index contributed by atoms with van der Waals surface area (Å²) in [7, 11) is 0. The van der Waals surface area contributed by atoms with Crippen molar-refractivity contribution < 1.29 is 14.6 Å². The summed E-state index contributed by atoms with van der Waals surface area (Å²) in [5, 5.41) is 13.4. The van der Waals surface area contributed by atoms with Crippen LogP contribution in [0.2, 0.25) is 0 Å². The van der Waals surface area contributed by atoms with E-state index in [9.17, 15) is 5.11 Å². The molecule has 1 aliphatic rings. The van der Waals surface area contributed by atoms with E-state index in [1.54, 1.807) is 11.3 Å². The molecule has 1 aliphatic heterocycles. The van der Waals surface area contributed by atoms with Gasteiger partial charge in [-0.1, -0.05) is 18.2 Å². The van der Waals surface area contributed by atoms with E-state index in [0.717, 1.165) is 48.6 Å². The van der Waals surface area contributed by atoms with Crippen molar-refractivity contribution in [2.75, 3.05) is 44.2 Å². The molecule has 29 heavy (non-hydrogen) atoms. The lowest BCUT2D eigenvalue weighted by Crippen LogP contribution is -2.49. The number of para-hydroxylation sites is 1. The van der Waals surface area contributed by atoms with Crippen LogP contribution < -0.4 is 14.4 Å². The van der Waals surface area contributed by atoms with Crippen molar-refractivity contribution in [1.29, 1.82) is 0 Å². The molecule has 0 aliphatic carbocycles. The average molecular weight is 412 g/mol. The summed E-state index contributed by atoms with van der Waals surface area (Å²) in [4.78, 5) is 8.93. The van der Waals surface area contributed by atoms with E-state index in [0.29, 0.717) is 6.54 Å². The van der Waals surface area contributed by atoms with Crippen molar-refractivity contribution in [3.8, 4) is 17.2 Å². The van der Waals surface area contributed by atoms with Crippen LogP contribution in [0.3, 0.4) is 0 Å². The number of ether oxygens (including phenoxy) is 2. The van der Waals surface area contributed by atoms with Crippen LogP contribution in [-0.2, 0) is 0 Å². The topological polar surface area (TPSA) is 58.1 Å². The molecule has 0 saturated carbocycles. The Morgan fingerprint density at radius 1 is 0.931 bits per heavy atom. The molecule has 1 unspecified atom stereocenters. The zero-order chi connectivity index (χ0) is 19.9. The van der Waals surface area contributed by atoms with Gasteiger partial charge in [-0.15, -0.1) is 11.3 Å². The Kier molecular flexibility index (Phi) is 6.61. The number of nitrogens with zero attached hydrogens (tertiary/aromatic N) is 3. The summed E-state index contributed by atoms with van der Waals surface area (Å²) >= 11 is 1.67. The van der Waals surface area contributed by atoms with Crippen molar-refractivity contribution in [2.24, 2.45) is 0 Å². The third-order valence-corrected chi connectivity index (χ3v) is 5.61. The molecule has 0 radical (unpaired) electrons. The Balaban J connectivity index is 1.18. The van der Waals surface area contributed by atoms with Gasteiger partial charge in [0.25, 0.3) is 0 Å². The number of aromatic nitrogens is 1. The number of thiazole rings is 1. The smallest absolute Gasteiger partial charge is 0.185 e. The maximum atomic E-state index is 10.3. The van der Waals surface area contributed by atoms with Crippen LogP contribution in [0.1, 0.15) is 0 Å². The molecule has 1 aromatic heterocycles. The second kappa shape index (κ2) is 9.73. The summed E-state index contributed by atoms with van der Waals surface area (Å²) in [5.41, 5.74) is 0. The van der Waals surface area contributed by atoms with Crippen LogP contribution in [0.4, 0.5) is 5.13 Å². The number of hydrogen-bond acceptors (Lipinski definition) is 7. The number of aliphatic hydroxyl groups is 1. The van der Waals surface area contributed by atoms with Gasteiger partial charge in [-0.05, 0) is 36.4 Å². The lowest BCUT2D eigenvalue weighted by molar-refractivity contribution is 0.0663. The van der Waals surface area contributed by atoms with E-state index >= 15 is 0 Å². The predicted molar refractivity (Wildman–Crippen MR) is 115 cm³/mol. The number of rotatable bonds is 8. The van der Waals surface area contributed by atoms with Gasteiger partial charge < -0.3 is 19.5 Å². The van der Waals surface area contributed by atoms with Crippen LogP contribution in [0, 0.1) is 0 Å². The van der Waals surface area contributed by atoms with Crippen molar-refractivity contribution >= 4 is 16.5 Å². The fraction of sp³-hybridized carbons (Fsp3) is 0.318. The molecule has 0 spiro atoms. The summed E-state index contributed by atoms with van der Waals surface area (Å²) in [6.45, 7) is 4.59. The Labute approximate surface area is 174 Å². The fourth-order valence-corrected chi connectivity index (χ4v) is 3.96. The van der Waals surface area contributed by atoms with E-state index < -0.39 is 6.10 Å². The van der Waals surface area contributed by atoms with E-state index in [2.05, 4.69) is 14.8 Å². The van der Waals surface area contributed by atoms with Gasteiger partial charge in [0, 0.05) is 44.3 Å². The molecule has 152 valence electrons. The molecule has 2 heterocycles. The molecule has 1 atom stereocenters. The van der Waals surface area contributed by atoms with Gasteiger partial charge in [0.1, 0.15) is 30.0 Å². The van der Waals surface area contributed by atoms with Crippen molar-refractivity contribution in [2.45, 2.75) is 6.10 Å². The van der Waals surface area contributed by atoms with E-state index in [1.807, 2.05) is 66.2 Å². The molecule has 7 heteroatoms. The molecule has 0 bridgehead atoms. The summed E-state index contributed by atoms with van der Waals surface area (Å²) < 4.78 is 11.5. The Morgan fingerprint density at radius 2 is 1.62 bits per heavy atom. The summed E-state index contributed by atoms with van der Waals surface area (Å²) in [6.07, 6.45) is 1.31. The van der Waals surface area contributed by atoms with Crippen LogP contribution in [-0.4, -0.2) is 60.4 Å². The van der Waals surface area contributed by atoms with E-state index in [4.69, 9.17) is 9.47 Å². The molecule has 2 aromatic carbocycles. The number of aliphatic hydroxyl groups excluding tert-OH is 1. The van der Waals surface area contributed by atoms with Crippen molar-refractivity contribution in [1.82, 2.24) is 9.88 Å². The van der Waals surface area contributed by atoms with E-state index in [1.165, 1.54) is 0 Å². The highest BCUT2D eigenvalue weighted by Crippen LogP contribution is 2.23. The number of benzene rings is 2. The van der Waals surface area contributed by atoms with Gasteiger partial charge >= 0.3 is 0 Å². The minimum Gasteiger partial charge on any atom is -0.491 e. The molecule has 1 saturated heterocycles. The second-order valence-electron chi connectivity index (χ2n) is 6.95. The zero-order valence-electron chi connectivity index (χ0n) is 16.2. The quantitative estimate of drug-likeness (QED) is 0.612. The number of piperazine rings is 1. The Bertz CT molecular complexity index is 851. The molecule has 1 N–H and O–H groups in total. The van der Waals surface area contributed by atoms with Gasteiger partial charge in [-0.3, -0.25) is 4.90 Å². The van der Waals surface area contributed by atoms with Crippen molar-refractivity contribution in [3.63, 3.8) is 0 Å². The lowest BCUT2D eigenvalue weighted by atomic mass is 10.2. The molecule has 6 nitrogen and oxygen atoms in total. The Morgan fingerprint density at radius 3 is 2.31 bits per heavy atom. The molecule has 1 fully saturated rings. The highest BCUT2D eigenvalue weighted by molar-refractivity contribution is 7.13. The zero-order valence-corrected chi connectivity index (χ0v) is 17.0. The molecule has 4 rings (SSSR count). The monoisotopic (exact) mass is 411 g/mol.